The Kier molecular flexibility index (Phi) is 6.62. The largest absolute Gasteiger partial charge is 0.486 e. The smallest absolute Gasteiger partial charge is 0.151 e. The number of nitrogens with one attached hydrogen (secondary N) is 1. The average Bonchev–Trinajstić information content (AvgIpc) is 3.62. The van der Waals surface area contributed by atoms with E-state index in [0.717, 1.165) is 41.8 Å². The normalized spacial score (nSPS) is 18.1. The van der Waals surface area contributed by atoms with Crippen LogP contribution in [-0.4, -0.2) is 53.8 Å². The molecule has 1 aromatic carbocycles. The Morgan fingerprint density at radius 3 is 2.67 bits per heavy atom. The molecule has 1 saturated heterocycles. The molecule has 10 nitrogen and oxygen atoms in total. The molecule has 0 saturated carbocycles. The standard InChI is InChI=1S/C27H27Cl2N9O/c1-16(25-20(28)13-31-14-21(25)29)39-18-3-4-22-19(11-18)26(35-32-22)23-5-6-24(34-33-23)38-10-8-27(30,15-38)12-17-7-9-37(2)36-17/h3-7,9,11,13-14,16H,8,10,12,15,30H2,1-2H3,(H,32,35)/t16-,27+/m1/s1. The van der Waals surface area contributed by atoms with Crippen molar-refractivity contribution >= 4 is 39.9 Å². The van der Waals surface area contributed by atoms with Gasteiger partial charge in [-0.3, -0.25) is 14.8 Å². The number of aryl methyl sites for hydroxylation is 1. The molecular formula is C27H27Cl2N9O. The van der Waals surface area contributed by atoms with Crippen molar-refractivity contribution in [2.45, 2.75) is 31.4 Å². The Hall–Kier alpha value is -3.73. The van der Waals surface area contributed by atoms with E-state index in [0.29, 0.717) is 39.3 Å². The molecule has 0 unspecified atom stereocenters. The minimum absolute atomic E-state index is 0.356. The van der Waals surface area contributed by atoms with E-state index in [1.165, 1.54) is 0 Å². The molecule has 12 heteroatoms. The van der Waals surface area contributed by atoms with Crippen LogP contribution in [-0.2, 0) is 13.5 Å². The lowest BCUT2D eigenvalue weighted by Crippen LogP contribution is -2.45. The number of aromatic nitrogens is 7. The summed E-state index contributed by atoms with van der Waals surface area (Å²) in [6.45, 7) is 3.39. The van der Waals surface area contributed by atoms with Gasteiger partial charge in [-0.25, -0.2) is 0 Å². The van der Waals surface area contributed by atoms with E-state index in [-0.39, 0.29) is 11.6 Å². The number of aromatic amines is 1. The van der Waals surface area contributed by atoms with Crippen LogP contribution in [0.25, 0.3) is 22.3 Å². The summed E-state index contributed by atoms with van der Waals surface area (Å²) >= 11 is 12.6. The van der Waals surface area contributed by atoms with E-state index in [2.05, 4.69) is 35.4 Å². The molecule has 0 radical (unpaired) electrons. The Bertz CT molecular complexity index is 1610. The van der Waals surface area contributed by atoms with Gasteiger partial charge in [0.1, 0.15) is 23.2 Å². The van der Waals surface area contributed by atoms with Crippen LogP contribution in [0.2, 0.25) is 10.0 Å². The molecule has 1 aliphatic rings. The number of anilines is 1. The predicted octanol–water partition coefficient (Wildman–Crippen LogP) is 4.75. The number of fused-ring (bicyclic) bond motifs is 1. The molecule has 6 rings (SSSR count). The van der Waals surface area contributed by atoms with Crippen LogP contribution in [0.5, 0.6) is 5.75 Å². The van der Waals surface area contributed by atoms with Crippen molar-refractivity contribution in [2.75, 3.05) is 18.0 Å². The van der Waals surface area contributed by atoms with E-state index in [1.807, 2.05) is 56.6 Å². The second-order valence-corrected chi connectivity index (χ2v) is 10.8. The Labute approximate surface area is 235 Å². The summed E-state index contributed by atoms with van der Waals surface area (Å²) in [5.74, 6) is 1.44. The first-order valence-electron chi connectivity index (χ1n) is 12.6. The van der Waals surface area contributed by atoms with Crippen molar-refractivity contribution in [3.05, 3.63) is 76.3 Å². The fourth-order valence-electron chi connectivity index (χ4n) is 5.11. The highest BCUT2D eigenvalue weighted by Gasteiger charge is 2.36. The van der Waals surface area contributed by atoms with E-state index in [4.69, 9.17) is 33.7 Å². The van der Waals surface area contributed by atoms with Gasteiger partial charge in [0.05, 0.1) is 21.3 Å². The number of halogens is 2. The summed E-state index contributed by atoms with van der Waals surface area (Å²) in [4.78, 5) is 6.18. The molecule has 0 amide bonds. The highest BCUT2D eigenvalue weighted by Crippen LogP contribution is 2.35. The topological polar surface area (TPSA) is 124 Å². The molecule has 5 aromatic rings. The van der Waals surface area contributed by atoms with Crippen LogP contribution in [0.15, 0.2) is 55.0 Å². The summed E-state index contributed by atoms with van der Waals surface area (Å²) in [7, 11) is 1.91. The summed E-state index contributed by atoms with van der Waals surface area (Å²) in [6, 6.07) is 11.6. The molecular weight excluding hydrogens is 537 g/mol. The van der Waals surface area contributed by atoms with Crippen molar-refractivity contribution in [2.24, 2.45) is 12.8 Å². The number of hydrogen-bond acceptors (Lipinski definition) is 8. The minimum atomic E-state index is -0.382. The number of hydrogen-bond donors (Lipinski definition) is 2. The number of nitrogens with zero attached hydrogens (tertiary/aromatic N) is 7. The quantitative estimate of drug-likeness (QED) is 0.291. The van der Waals surface area contributed by atoms with Gasteiger partial charge in [-0.1, -0.05) is 23.2 Å². The second kappa shape index (κ2) is 10.1. The maximum absolute atomic E-state index is 6.72. The zero-order valence-electron chi connectivity index (χ0n) is 21.5. The monoisotopic (exact) mass is 563 g/mol. The van der Waals surface area contributed by atoms with Gasteiger partial charge in [0.15, 0.2) is 5.82 Å². The highest BCUT2D eigenvalue weighted by molar-refractivity contribution is 6.35. The van der Waals surface area contributed by atoms with Gasteiger partial charge in [0.2, 0.25) is 0 Å². The molecule has 0 bridgehead atoms. The van der Waals surface area contributed by atoms with Crippen LogP contribution in [0.3, 0.4) is 0 Å². The van der Waals surface area contributed by atoms with Gasteiger partial charge in [0.25, 0.3) is 0 Å². The van der Waals surface area contributed by atoms with Gasteiger partial charge in [0, 0.05) is 61.6 Å². The first-order chi connectivity index (χ1) is 18.8. The Morgan fingerprint density at radius 1 is 1.13 bits per heavy atom. The molecule has 0 spiro atoms. The van der Waals surface area contributed by atoms with Crippen molar-refractivity contribution in [1.82, 2.24) is 35.2 Å². The van der Waals surface area contributed by atoms with E-state index in [9.17, 15) is 0 Å². The summed E-state index contributed by atoms with van der Waals surface area (Å²) in [5, 5.41) is 22.8. The van der Waals surface area contributed by atoms with E-state index in [1.54, 1.807) is 17.1 Å². The number of ether oxygens (including phenoxy) is 1. The number of pyridine rings is 1. The first kappa shape index (κ1) is 25.5. The van der Waals surface area contributed by atoms with Crippen molar-refractivity contribution < 1.29 is 4.74 Å². The lowest BCUT2D eigenvalue weighted by atomic mass is 9.94. The average molecular weight is 564 g/mol. The van der Waals surface area contributed by atoms with Gasteiger partial charge < -0.3 is 15.4 Å². The lowest BCUT2D eigenvalue weighted by Gasteiger charge is -2.24. The molecule has 2 atom stereocenters. The molecule has 5 heterocycles. The maximum Gasteiger partial charge on any atom is 0.151 e. The molecule has 3 N–H and O–H groups in total. The third-order valence-electron chi connectivity index (χ3n) is 7.05. The summed E-state index contributed by atoms with van der Waals surface area (Å²) in [5.41, 5.74) is 10.2. The van der Waals surface area contributed by atoms with Gasteiger partial charge in [-0.15, -0.1) is 10.2 Å². The van der Waals surface area contributed by atoms with Crippen LogP contribution < -0.4 is 15.4 Å². The first-order valence-corrected chi connectivity index (χ1v) is 13.3. The third kappa shape index (κ3) is 5.15. The SMILES string of the molecule is C[C@@H](Oc1ccc2[nH]nc(-c3ccc(N4CC[C@](N)(Cc5ccn(C)n5)C4)nn3)c2c1)c1c(Cl)cncc1Cl. The summed E-state index contributed by atoms with van der Waals surface area (Å²) < 4.78 is 7.98. The highest BCUT2D eigenvalue weighted by atomic mass is 35.5. The fraction of sp³-hybridized carbons (Fsp3) is 0.296. The zero-order valence-corrected chi connectivity index (χ0v) is 23.0. The zero-order chi connectivity index (χ0) is 27.1. The number of nitrogens with two attached hydrogens (primary N) is 1. The Morgan fingerprint density at radius 2 is 1.95 bits per heavy atom. The molecule has 200 valence electrons. The molecule has 4 aromatic heterocycles. The number of H-pyrrole nitrogens is 1. The number of rotatable bonds is 7. The second-order valence-electron chi connectivity index (χ2n) is 10.0. The number of benzene rings is 1. The van der Waals surface area contributed by atoms with E-state index >= 15 is 0 Å². The van der Waals surface area contributed by atoms with Gasteiger partial charge in [-0.2, -0.15) is 10.2 Å². The fourth-order valence-corrected chi connectivity index (χ4v) is 5.78. The Balaban J connectivity index is 1.19. The lowest BCUT2D eigenvalue weighted by molar-refractivity contribution is 0.227. The predicted molar refractivity (Wildman–Crippen MR) is 151 cm³/mol. The molecule has 0 aliphatic carbocycles. The van der Waals surface area contributed by atoms with Crippen LogP contribution in [0.1, 0.15) is 30.7 Å². The minimum Gasteiger partial charge on any atom is -0.486 e. The molecule has 1 aliphatic heterocycles. The molecule has 1 fully saturated rings. The van der Waals surface area contributed by atoms with Gasteiger partial charge in [-0.05, 0) is 49.7 Å². The van der Waals surface area contributed by atoms with Crippen molar-refractivity contribution in [3.8, 4) is 17.1 Å². The third-order valence-corrected chi connectivity index (χ3v) is 7.65. The van der Waals surface area contributed by atoms with Crippen molar-refractivity contribution in [3.63, 3.8) is 0 Å². The van der Waals surface area contributed by atoms with Crippen LogP contribution >= 0.6 is 23.2 Å². The molecule has 39 heavy (non-hydrogen) atoms. The summed E-state index contributed by atoms with van der Waals surface area (Å²) in [6.07, 6.45) is 6.24. The van der Waals surface area contributed by atoms with Gasteiger partial charge >= 0.3 is 0 Å². The van der Waals surface area contributed by atoms with Crippen LogP contribution in [0.4, 0.5) is 5.82 Å². The van der Waals surface area contributed by atoms with Crippen molar-refractivity contribution in [1.29, 1.82) is 0 Å². The maximum atomic E-state index is 6.72. The van der Waals surface area contributed by atoms with E-state index < -0.39 is 0 Å². The van der Waals surface area contributed by atoms with Crippen LogP contribution in [0, 0.1) is 0 Å².